The maximum absolute atomic E-state index is 12.1. The summed E-state index contributed by atoms with van der Waals surface area (Å²) in [4.78, 5) is 27.2. The van der Waals surface area contributed by atoms with E-state index in [-0.39, 0.29) is 12.5 Å². The first-order valence-electron chi connectivity index (χ1n) is 8.24. The zero-order valence-electron chi connectivity index (χ0n) is 14.4. The van der Waals surface area contributed by atoms with E-state index in [1.165, 1.54) is 0 Å². The van der Waals surface area contributed by atoms with Gasteiger partial charge in [0.25, 0.3) is 5.91 Å². The Hall–Kier alpha value is -3.91. The van der Waals surface area contributed by atoms with E-state index in [1.54, 1.807) is 48.7 Å². The number of nitrogens with zero attached hydrogens (tertiary/aromatic N) is 1. The minimum atomic E-state index is -0.328. The van der Waals surface area contributed by atoms with Crippen LogP contribution in [0.15, 0.2) is 72.9 Å². The molecular formula is C22H16N2O3. The highest BCUT2D eigenvalue weighted by Gasteiger charge is 2.06. The van der Waals surface area contributed by atoms with E-state index in [9.17, 15) is 9.59 Å². The third-order valence-corrected chi connectivity index (χ3v) is 3.55. The maximum Gasteiger partial charge on any atom is 0.262 e. The van der Waals surface area contributed by atoms with E-state index >= 15 is 0 Å². The summed E-state index contributed by atoms with van der Waals surface area (Å²) in [5.74, 6) is 6.03. The van der Waals surface area contributed by atoms with Crippen molar-refractivity contribution in [1.29, 1.82) is 0 Å². The number of aromatic nitrogens is 1. The van der Waals surface area contributed by atoms with Crippen molar-refractivity contribution in [2.75, 3.05) is 11.9 Å². The largest absolute Gasteiger partial charge is 0.483 e. The lowest BCUT2D eigenvalue weighted by Gasteiger charge is -2.09. The average Bonchev–Trinajstić information content (AvgIpc) is 2.72. The van der Waals surface area contributed by atoms with Crippen molar-refractivity contribution in [2.24, 2.45) is 0 Å². The van der Waals surface area contributed by atoms with E-state index in [0.29, 0.717) is 29.0 Å². The summed E-state index contributed by atoms with van der Waals surface area (Å²) in [6, 6.07) is 19.5. The highest BCUT2D eigenvalue weighted by Crippen LogP contribution is 2.16. The highest BCUT2D eigenvalue weighted by molar-refractivity contribution is 5.92. The fourth-order valence-corrected chi connectivity index (χ4v) is 2.30. The van der Waals surface area contributed by atoms with Gasteiger partial charge in [-0.25, -0.2) is 4.98 Å². The molecule has 1 amide bonds. The zero-order chi connectivity index (χ0) is 18.9. The predicted molar refractivity (Wildman–Crippen MR) is 103 cm³/mol. The zero-order valence-corrected chi connectivity index (χ0v) is 14.4. The van der Waals surface area contributed by atoms with Gasteiger partial charge in [0.05, 0.1) is 5.56 Å². The van der Waals surface area contributed by atoms with Gasteiger partial charge >= 0.3 is 0 Å². The number of aldehydes is 1. The van der Waals surface area contributed by atoms with Crippen LogP contribution in [0, 0.1) is 11.8 Å². The number of anilines is 1. The second-order valence-electron chi connectivity index (χ2n) is 5.54. The van der Waals surface area contributed by atoms with Gasteiger partial charge in [0, 0.05) is 17.4 Å². The molecule has 3 rings (SSSR count). The van der Waals surface area contributed by atoms with Crippen molar-refractivity contribution in [3.63, 3.8) is 0 Å². The SMILES string of the molecule is O=Cc1ccccc1OCC(=O)Nc1cccc(C#Cc2ccccn2)c1. The van der Waals surface area contributed by atoms with Gasteiger partial charge in [-0.15, -0.1) is 0 Å². The maximum atomic E-state index is 12.1. The van der Waals surface area contributed by atoms with Crippen LogP contribution in [0.2, 0.25) is 0 Å². The van der Waals surface area contributed by atoms with Gasteiger partial charge in [-0.05, 0) is 48.4 Å². The second kappa shape index (κ2) is 8.97. The van der Waals surface area contributed by atoms with E-state index in [2.05, 4.69) is 22.1 Å². The smallest absolute Gasteiger partial charge is 0.262 e. The first-order chi connectivity index (χ1) is 13.2. The monoisotopic (exact) mass is 356 g/mol. The number of amides is 1. The molecule has 0 saturated heterocycles. The van der Waals surface area contributed by atoms with Crippen LogP contribution in [0.5, 0.6) is 5.75 Å². The number of benzene rings is 2. The lowest BCUT2D eigenvalue weighted by molar-refractivity contribution is -0.118. The molecule has 0 fully saturated rings. The second-order valence-corrected chi connectivity index (χ2v) is 5.54. The van der Waals surface area contributed by atoms with Crippen molar-refractivity contribution in [3.05, 3.63) is 89.7 Å². The van der Waals surface area contributed by atoms with Crippen LogP contribution < -0.4 is 10.1 Å². The molecule has 0 saturated carbocycles. The number of carbonyl (C=O) groups excluding carboxylic acids is 2. The van der Waals surface area contributed by atoms with Gasteiger partial charge in [-0.1, -0.05) is 30.2 Å². The number of pyridine rings is 1. The number of hydrogen-bond acceptors (Lipinski definition) is 4. The van der Waals surface area contributed by atoms with Gasteiger partial charge in [-0.3, -0.25) is 9.59 Å². The van der Waals surface area contributed by atoms with E-state index in [1.807, 2.05) is 24.3 Å². The molecular weight excluding hydrogens is 340 g/mol. The average molecular weight is 356 g/mol. The molecule has 0 bridgehead atoms. The minimum Gasteiger partial charge on any atom is -0.483 e. The molecule has 0 spiro atoms. The third kappa shape index (κ3) is 5.28. The first-order valence-corrected chi connectivity index (χ1v) is 8.24. The summed E-state index contributed by atoms with van der Waals surface area (Å²) >= 11 is 0. The molecule has 27 heavy (non-hydrogen) atoms. The van der Waals surface area contributed by atoms with Crippen LogP contribution in [-0.2, 0) is 4.79 Å². The molecule has 0 unspecified atom stereocenters. The van der Waals surface area contributed by atoms with Crippen molar-refractivity contribution in [2.45, 2.75) is 0 Å². The Morgan fingerprint density at radius 1 is 1.04 bits per heavy atom. The van der Waals surface area contributed by atoms with Gasteiger partial charge < -0.3 is 10.1 Å². The summed E-state index contributed by atoms with van der Waals surface area (Å²) in [7, 11) is 0. The van der Waals surface area contributed by atoms with Crippen LogP contribution in [0.1, 0.15) is 21.6 Å². The Morgan fingerprint density at radius 2 is 1.89 bits per heavy atom. The van der Waals surface area contributed by atoms with Crippen molar-refractivity contribution in [1.82, 2.24) is 4.98 Å². The molecule has 1 N–H and O–H groups in total. The molecule has 3 aromatic rings. The quantitative estimate of drug-likeness (QED) is 0.562. The number of hydrogen-bond donors (Lipinski definition) is 1. The fourth-order valence-electron chi connectivity index (χ4n) is 2.30. The number of carbonyl (C=O) groups is 2. The Balaban J connectivity index is 1.61. The van der Waals surface area contributed by atoms with Crippen LogP contribution in [0.3, 0.4) is 0 Å². The van der Waals surface area contributed by atoms with Crippen LogP contribution in [-0.4, -0.2) is 23.8 Å². The van der Waals surface area contributed by atoms with Crippen molar-refractivity contribution in [3.8, 4) is 17.6 Å². The molecule has 0 aliphatic rings. The van der Waals surface area contributed by atoms with Gasteiger partial charge in [0.15, 0.2) is 12.9 Å². The highest BCUT2D eigenvalue weighted by atomic mass is 16.5. The Morgan fingerprint density at radius 3 is 2.70 bits per heavy atom. The normalized spacial score (nSPS) is 9.63. The fraction of sp³-hybridized carbons (Fsp3) is 0.0455. The molecule has 2 aromatic carbocycles. The standard InChI is InChI=1S/C22H16N2O3/c25-15-18-7-1-2-10-21(18)27-16-22(26)24-20-9-5-6-17(14-20)11-12-19-8-3-4-13-23-19/h1-10,13-15H,16H2,(H,24,26). The Bertz CT molecular complexity index is 1000. The number of nitrogens with one attached hydrogen (secondary N) is 1. The summed E-state index contributed by atoms with van der Waals surface area (Å²) in [6.07, 6.45) is 2.38. The summed E-state index contributed by atoms with van der Waals surface area (Å²) in [6.45, 7) is -0.200. The molecule has 0 aliphatic heterocycles. The van der Waals surface area contributed by atoms with Gasteiger partial charge in [-0.2, -0.15) is 0 Å². The lowest BCUT2D eigenvalue weighted by atomic mass is 10.2. The molecule has 0 aliphatic carbocycles. The molecule has 132 valence electrons. The molecule has 1 heterocycles. The van der Waals surface area contributed by atoms with E-state index < -0.39 is 0 Å². The first kappa shape index (κ1) is 17.9. The van der Waals surface area contributed by atoms with Crippen LogP contribution in [0.25, 0.3) is 0 Å². The van der Waals surface area contributed by atoms with Crippen LogP contribution in [0.4, 0.5) is 5.69 Å². The summed E-state index contributed by atoms with van der Waals surface area (Å²) in [5, 5.41) is 2.75. The predicted octanol–water partition coefficient (Wildman–Crippen LogP) is 3.31. The van der Waals surface area contributed by atoms with E-state index in [0.717, 1.165) is 5.56 Å². The van der Waals surface area contributed by atoms with E-state index in [4.69, 9.17) is 4.74 Å². The minimum absolute atomic E-state index is 0.200. The Kier molecular flexibility index (Phi) is 5.95. The van der Waals surface area contributed by atoms with Crippen LogP contribution >= 0.6 is 0 Å². The summed E-state index contributed by atoms with van der Waals surface area (Å²) in [5.41, 5.74) is 2.44. The van der Waals surface area contributed by atoms with Gasteiger partial charge in [0.1, 0.15) is 11.4 Å². The number of rotatable bonds is 5. The molecule has 5 nitrogen and oxygen atoms in total. The molecule has 5 heteroatoms. The third-order valence-electron chi connectivity index (χ3n) is 3.55. The topological polar surface area (TPSA) is 68.3 Å². The van der Waals surface area contributed by atoms with Gasteiger partial charge in [0.2, 0.25) is 0 Å². The number of para-hydroxylation sites is 1. The molecule has 1 aromatic heterocycles. The number of ether oxygens (including phenoxy) is 1. The molecule has 0 radical (unpaired) electrons. The lowest BCUT2D eigenvalue weighted by Crippen LogP contribution is -2.20. The van der Waals surface area contributed by atoms with Crippen molar-refractivity contribution < 1.29 is 14.3 Å². The molecule has 0 atom stereocenters. The Labute approximate surface area is 157 Å². The summed E-state index contributed by atoms with van der Waals surface area (Å²) < 4.78 is 5.42. The van der Waals surface area contributed by atoms with Crippen molar-refractivity contribution >= 4 is 17.9 Å².